The summed E-state index contributed by atoms with van der Waals surface area (Å²) in [5, 5.41) is 0. The lowest BCUT2D eigenvalue weighted by Crippen LogP contribution is -2.17. The number of likely N-dealkylation sites (N-methyl/N-ethyl adjacent to an activating group) is 1. The van der Waals surface area contributed by atoms with Crippen molar-refractivity contribution in [2.24, 2.45) is 4.99 Å². The van der Waals surface area contributed by atoms with Crippen LogP contribution in [0.4, 0.5) is 0 Å². The summed E-state index contributed by atoms with van der Waals surface area (Å²) in [6.45, 7) is 1.75. The van der Waals surface area contributed by atoms with Crippen molar-refractivity contribution in [1.29, 1.82) is 0 Å². The number of aliphatic imine (C=N–C) groups is 1. The van der Waals surface area contributed by atoms with Crippen molar-refractivity contribution >= 4 is 5.71 Å². The molecule has 1 aliphatic carbocycles. The Hall–Kier alpha value is -2.13. The predicted octanol–water partition coefficient (Wildman–Crippen LogP) is 3.19. The number of hydrogen-bond acceptors (Lipinski definition) is 3. The maximum absolute atomic E-state index is 5.59. The zero-order chi connectivity index (χ0) is 16.2. The highest BCUT2D eigenvalue weighted by Gasteiger charge is 2.21. The molecule has 3 nitrogen and oxygen atoms in total. The molecule has 0 saturated heterocycles. The van der Waals surface area contributed by atoms with Gasteiger partial charge in [0, 0.05) is 23.2 Å². The van der Waals surface area contributed by atoms with E-state index < -0.39 is 0 Å². The van der Waals surface area contributed by atoms with E-state index in [1.807, 2.05) is 6.07 Å². The Morgan fingerprint density at radius 2 is 1.78 bits per heavy atom. The molecule has 2 aromatic carbocycles. The Morgan fingerprint density at radius 1 is 1.00 bits per heavy atom. The van der Waals surface area contributed by atoms with Gasteiger partial charge in [-0.25, -0.2) is 0 Å². The van der Waals surface area contributed by atoms with Crippen LogP contribution in [0.1, 0.15) is 22.3 Å². The molecule has 3 rings (SSSR count). The summed E-state index contributed by atoms with van der Waals surface area (Å²) in [4.78, 5) is 7.13. The van der Waals surface area contributed by atoms with Crippen LogP contribution in [0, 0.1) is 0 Å². The Balaban J connectivity index is 2.12. The molecule has 0 aliphatic heterocycles. The van der Waals surface area contributed by atoms with E-state index in [-0.39, 0.29) is 0 Å². The summed E-state index contributed by atoms with van der Waals surface area (Å²) in [7, 11) is 5.91. The normalized spacial score (nSPS) is 15.2. The van der Waals surface area contributed by atoms with Crippen molar-refractivity contribution < 1.29 is 4.74 Å². The first kappa shape index (κ1) is 15.8. The second-order valence-electron chi connectivity index (χ2n) is 6.18. The fraction of sp³-hybridized carbons (Fsp3) is 0.350. The third kappa shape index (κ3) is 3.30. The number of hydrogen-bond donors (Lipinski definition) is 0. The van der Waals surface area contributed by atoms with E-state index in [0.29, 0.717) is 0 Å². The molecule has 2 aromatic rings. The lowest BCUT2D eigenvalue weighted by atomic mass is 9.97. The molecule has 0 spiro atoms. The topological polar surface area (TPSA) is 24.8 Å². The number of aryl methyl sites for hydroxylation is 1. The summed E-state index contributed by atoms with van der Waals surface area (Å²) in [6, 6.07) is 14.9. The summed E-state index contributed by atoms with van der Waals surface area (Å²) >= 11 is 0. The first-order valence-corrected chi connectivity index (χ1v) is 8.14. The molecule has 120 valence electrons. The van der Waals surface area contributed by atoms with E-state index in [9.17, 15) is 0 Å². The second kappa shape index (κ2) is 6.97. The van der Waals surface area contributed by atoms with Gasteiger partial charge in [0.15, 0.2) is 0 Å². The molecule has 0 saturated carbocycles. The van der Waals surface area contributed by atoms with Gasteiger partial charge in [-0.1, -0.05) is 36.4 Å². The van der Waals surface area contributed by atoms with Crippen molar-refractivity contribution in [3.63, 3.8) is 0 Å². The van der Waals surface area contributed by atoms with Crippen LogP contribution in [-0.4, -0.2) is 44.9 Å². The zero-order valence-electron chi connectivity index (χ0n) is 14.2. The number of nitrogens with zero attached hydrogens (tertiary/aromatic N) is 2. The fourth-order valence-electron chi connectivity index (χ4n) is 3.14. The van der Waals surface area contributed by atoms with Gasteiger partial charge in [-0.2, -0.15) is 0 Å². The summed E-state index contributed by atoms with van der Waals surface area (Å²) < 4.78 is 5.59. The Kier molecular flexibility index (Phi) is 4.77. The minimum Gasteiger partial charge on any atom is -0.496 e. The first-order chi connectivity index (χ1) is 11.2. The molecular formula is C20H24N2O. The molecule has 0 heterocycles. The minimum atomic E-state index is 0.799. The molecule has 0 radical (unpaired) electrons. The second-order valence-corrected chi connectivity index (χ2v) is 6.18. The average Bonchev–Trinajstić information content (AvgIpc) is 2.72. The standard InChI is InChI=1S/C20H24N2O/c1-22(2)14-13-21-20-16-8-5-4-7-15(16)11-12-17-18(20)9-6-10-19(17)23-3/h4-10H,11-14H2,1-3H3/b21-20-. The molecule has 0 fully saturated rings. The van der Waals surface area contributed by atoms with Crippen LogP contribution >= 0.6 is 0 Å². The molecule has 0 bridgehead atoms. The highest BCUT2D eigenvalue weighted by Crippen LogP contribution is 2.30. The number of benzene rings is 2. The van der Waals surface area contributed by atoms with Gasteiger partial charge in [0.25, 0.3) is 0 Å². The van der Waals surface area contributed by atoms with Crippen LogP contribution in [0.15, 0.2) is 47.5 Å². The molecule has 0 aromatic heterocycles. The molecule has 0 atom stereocenters. The van der Waals surface area contributed by atoms with Gasteiger partial charge in [-0.3, -0.25) is 4.99 Å². The quantitative estimate of drug-likeness (QED) is 0.866. The van der Waals surface area contributed by atoms with E-state index in [1.54, 1.807) is 7.11 Å². The smallest absolute Gasteiger partial charge is 0.122 e. The van der Waals surface area contributed by atoms with Gasteiger partial charge in [0.05, 0.1) is 19.4 Å². The van der Waals surface area contributed by atoms with E-state index in [2.05, 4.69) is 55.4 Å². The van der Waals surface area contributed by atoms with Gasteiger partial charge >= 0.3 is 0 Å². The molecule has 0 N–H and O–H groups in total. The zero-order valence-corrected chi connectivity index (χ0v) is 14.2. The largest absolute Gasteiger partial charge is 0.496 e. The maximum atomic E-state index is 5.59. The van der Waals surface area contributed by atoms with Crippen LogP contribution in [0.2, 0.25) is 0 Å². The van der Waals surface area contributed by atoms with Gasteiger partial charge in [-0.15, -0.1) is 0 Å². The third-order valence-corrected chi connectivity index (χ3v) is 4.34. The minimum absolute atomic E-state index is 0.799. The van der Waals surface area contributed by atoms with Crippen LogP contribution in [0.5, 0.6) is 5.75 Å². The van der Waals surface area contributed by atoms with Crippen molar-refractivity contribution in [3.05, 3.63) is 64.7 Å². The van der Waals surface area contributed by atoms with Gasteiger partial charge < -0.3 is 9.64 Å². The third-order valence-electron chi connectivity index (χ3n) is 4.34. The molecule has 3 heteroatoms. The monoisotopic (exact) mass is 308 g/mol. The Morgan fingerprint density at radius 3 is 2.57 bits per heavy atom. The van der Waals surface area contributed by atoms with Crippen molar-refractivity contribution in [2.75, 3.05) is 34.3 Å². The van der Waals surface area contributed by atoms with Crippen molar-refractivity contribution in [3.8, 4) is 5.75 Å². The Labute approximate surface area is 138 Å². The van der Waals surface area contributed by atoms with E-state index in [1.165, 1.54) is 22.3 Å². The molecule has 1 aliphatic rings. The highest BCUT2D eigenvalue weighted by atomic mass is 16.5. The van der Waals surface area contributed by atoms with E-state index in [4.69, 9.17) is 9.73 Å². The molecule has 23 heavy (non-hydrogen) atoms. The molecular weight excluding hydrogens is 284 g/mol. The summed E-state index contributed by atoms with van der Waals surface area (Å²) in [6.07, 6.45) is 2.01. The molecule has 0 amide bonds. The summed E-state index contributed by atoms with van der Waals surface area (Å²) in [5.74, 6) is 0.968. The Bertz CT molecular complexity index is 719. The highest BCUT2D eigenvalue weighted by molar-refractivity contribution is 6.15. The number of ether oxygens (including phenoxy) is 1. The first-order valence-electron chi connectivity index (χ1n) is 8.14. The fourth-order valence-corrected chi connectivity index (χ4v) is 3.14. The van der Waals surface area contributed by atoms with Crippen molar-refractivity contribution in [2.45, 2.75) is 12.8 Å². The van der Waals surface area contributed by atoms with E-state index >= 15 is 0 Å². The maximum Gasteiger partial charge on any atom is 0.122 e. The van der Waals surface area contributed by atoms with Gasteiger partial charge in [0.1, 0.15) is 5.75 Å². The summed E-state index contributed by atoms with van der Waals surface area (Å²) in [5.41, 5.74) is 6.23. The number of fused-ring (bicyclic) bond motifs is 2. The van der Waals surface area contributed by atoms with Gasteiger partial charge in [0.2, 0.25) is 0 Å². The van der Waals surface area contributed by atoms with Crippen LogP contribution in [0.3, 0.4) is 0 Å². The lowest BCUT2D eigenvalue weighted by molar-refractivity contribution is 0.409. The van der Waals surface area contributed by atoms with Crippen LogP contribution < -0.4 is 4.74 Å². The number of rotatable bonds is 4. The number of methoxy groups -OCH3 is 1. The van der Waals surface area contributed by atoms with E-state index in [0.717, 1.165) is 37.4 Å². The van der Waals surface area contributed by atoms with Crippen LogP contribution in [0.25, 0.3) is 0 Å². The predicted molar refractivity (Wildman–Crippen MR) is 95.9 cm³/mol. The lowest BCUT2D eigenvalue weighted by Gasteiger charge is -2.14. The molecule has 0 unspecified atom stereocenters. The van der Waals surface area contributed by atoms with Crippen LogP contribution in [-0.2, 0) is 12.8 Å². The van der Waals surface area contributed by atoms with Gasteiger partial charge in [-0.05, 0) is 38.6 Å². The van der Waals surface area contributed by atoms with Crippen molar-refractivity contribution in [1.82, 2.24) is 4.90 Å². The average molecular weight is 308 g/mol. The SMILES string of the molecule is COc1cccc2c1CCc1ccccc1/C2=N/CCN(C)C.